The topological polar surface area (TPSA) is 52.0 Å². The second-order valence-electron chi connectivity index (χ2n) is 3.36. The van der Waals surface area contributed by atoms with Gasteiger partial charge in [-0.15, -0.1) is 0 Å². The Hall–Kier alpha value is -1.35. The highest BCUT2D eigenvalue weighted by atomic mass is 16.3. The van der Waals surface area contributed by atoms with Crippen LogP contribution in [0.15, 0.2) is 28.7 Å². The average molecular weight is 190 g/mol. The molecule has 0 aliphatic heterocycles. The number of hydrogen-bond donors (Lipinski definition) is 1. The van der Waals surface area contributed by atoms with Gasteiger partial charge in [0.2, 0.25) is 0 Å². The number of fused-ring (bicyclic) bond motifs is 1. The maximum Gasteiger partial charge on any atom is 0.199 e. The van der Waals surface area contributed by atoms with Crippen LogP contribution in [0.5, 0.6) is 0 Å². The smallest absolute Gasteiger partial charge is 0.199 e. The fourth-order valence-electron chi connectivity index (χ4n) is 1.51. The summed E-state index contributed by atoms with van der Waals surface area (Å²) in [6.45, 7) is 2.68. The van der Waals surface area contributed by atoms with Crippen LogP contribution in [0.4, 0.5) is 0 Å². The van der Waals surface area contributed by atoms with Crippen molar-refractivity contribution >= 4 is 11.1 Å². The summed E-state index contributed by atoms with van der Waals surface area (Å²) >= 11 is 0. The maximum absolute atomic E-state index is 5.64. The maximum atomic E-state index is 5.64. The molecule has 1 atom stereocenters. The van der Waals surface area contributed by atoms with Crippen LogP contribution in [-0.4, -0.2) is 11.5 Å². The number of aromatic nitrogens is 1. The highest BCUT2D eigenvalue weighted by molar-refractivity contribution is 5.72. The second kappa shape index (κ2) is 3.80. The number of nitrogens with zero attached hydrogens (tertiary/aromatic N) is 1. The first kappa shape index (κ1) is 9.21. The van der Waals surface area contributed by atoms with Gasteiger partial charge in [-0.05, 0) is 18.6 Å². The van der Waals surface area contributed by atoms with Crippen molar-refractivity contribution in [3.63, 3.8) is 0 Å². The van der Waals surface area contributed by atoms with Gasteiger partial charge in [0.15, 0.2) is 11.5 Å². The van der Waals surface area contributed by atoms with Gasteiger partial charge >= 0.3 is 0 Å². The van der Waals surface area contributed by atoms with E-state index in [1.54, 1.807) is 0 Å². The predicted octanol–water partition coefficient (Wildman–Crippen LogP) is 2.28. The molecule has 3 heteroatoms. The molecule has 74 valence electrons. The lowest BCUT2D eigenvalue weighted by Gasteiger charge is -2.05. The van der Waals surface area contributed by atoms with Crippen molar-refractivity contribution in [1.82, 2.24) is 4.98 Å². The molecule has 0 bridgehead atoms. The number of benzene rings is 1. The Balaban J connectivity index is 2.43. The van der Waals surface area contributed by atoms with E-state index in [9.17, 15) is 0 Å². The number of para-hydroxylation sites is 2. The van der Waals surface area contributed by atoms with Gasteiger partial charge < -0.3 is 10.2 Å². The van der Waals surface area contributed by atoms with Gasteiger partial charge in [0.05, 0.1) is 0 Å². The molecule has 0 saturated heterocycles. The first-order valence-corrected chi connectivity index (χ1v) is 4.90. The molecule has 2 aromatic rings. The largest absolute Gasteiger partial charge is 0.440 e. The summed E-state index contributed by atoms with van der Waals surface area (Å²) in [4.78, 5) is 4.41. The van der Waals surface area contributed by atoms with E-state index in [1.807, 2.05) is 24.3 Å². The highest BCUT2D eigenvalue weighted by Crippen LogP contribution is 2.22. The molecule has 0 spiro atoms. The third-order valence-electron chi connectivity index (χ3n) is 2.44. The average Bonchev–Trinajstić information content (AvgIpc) is 2.63. The molecule has 0 saturated carbocycles. The van der Waals surface area contributed by atoms with Gasteiger partial charge in [-0.25, -0.2) is 4.98 Å². The van der Waals surface area contributed by atoms with Crippen molar-refractivity contribution in [2.75, 3.05) is 6.54 Å². The normalized spacial score (nSPS) is 13.3. The van der Waals surface area contributed by atoms with Gasteiger partial charge in [0.1, 0.15) is 5.52 Å². The Morgan fingerprint density at radius 2 is 2.21 bits per heavy atom. The molecule has 0 radical (unpaired) electrons. The summed E-state index contributed by atoms with van der Waals surface area (Å²) in [5, 5.41) is 0. The Kier molecular flexibility index (Phi) is 2.50. The Morgan fingerprint density at radius 1 is 1.43 bits per heavy atom. The van der Waals surface area contributed by atoms with E-state index in [0.717, 1.165) is 23.4 Å². The summed E-state index contributed by atoms with van der Waals surface area (Å²) in [5.41, 5.74) is 7.39. The van der Waals surface area contributed by atoms with Crippen LogP contribution in [0.2, 0.25) is 0 Å². The molecule has 0 fully saturated rings. The fraction of sp³-hybridized carbons (Fsp3) is 0.364. The number of oxazole rings is 1. The summed E-state index contributed by atoms with van der Waals surface area (Å²) in [6.07, 6.45) is 0.962. The molecule has 1 aromatic carbocycles. The summed E-state index contributed by atoms with van der Waals surface area (Å²) in [6, 6.07) is 7.78. The number of hydrogen-bond acceptors (Lipinski definition) is 3. The monoisotopic (exact) mass is 190 g/mol. The second-order valence-corrected chi connectivity index (χ2v) is 3.36. The van der Waals surface area contributed by atoms with Crippen LogP contribution in [0.3, 0.4) is 0 Å². The van der Waals surface area contributed by atoms with Crippen LogP contribution >= 0.6 is 0 Å². The van der Waals surface area contributed by atoms with Gasteiger partial charge in [-0.2, -0.15) is 0 Å². The van der Waals surface area contributed by atoms with E-state index < -0.39 is 0 Å². The van der Waals surface area contributed by atoms with Gasteiger partial charge in [-0.1, -0.05) is 19.1 Å². The quantitative estimate of drug-likeness (QED) is 0.807. The molecule has 2 rings (SSSR count). The zero-order chi connectivity index (χ0) is 9.97. The molecule has 0 aliphatic rings. The van der Waals surface area contributed by atoms with E-state index in [1.165, 1.54) is 0 Å². The predicted molar refractivity (Wildman–Crippen MR) is 56.1 cm³/mol. The number of nitrogens with two attached hydrogens (primary N) is 1. The van der Waals surface area contributed by atoms with Crippen LogP contribution in [-0.2, 0) is 0 Å². The van der Waals surface area contributed by atoms with Gasteiger partial charge in [0.25, 0.3) is 0 Å². The van der Waals surface area contributed by atoms with Crippen molar-refractivity contribution in [2.45, 2.75) is 19.3 Å². The van der Waals surface area contributed by atoms with Gasteiger partial charge in [-0.3, -0.25) is 0 Å². The fourth-order valence-corrected chi connectivity index (χ4v) is 1.51. The van der Waals surface area contributed by atoms with E-state index >= 15 is 0 Å². The van der Waals surface area contributed by atoms with Crippen LogP contribution in [0, 0.1) is 0 Å². The zero-order valence-corrected chi connectivity index (χ0v) is 8.23. The van der Waals surface area contributed by atoms with Crippen LogP contribution in [0.1, 0.15) is 25.2 Å². The molecule has 0 unspecified atom stereocenters. The highest BCUT2D eigenvalue weighted by Gasteiger charge is 2.14. The van der Waals surface area contributed by atoms with E-state index in [0.29, 0.717) is 6.54 Å². The SMILES string of the molecule is CC[C@H](CN)c1nc2ccccc2o1. The molecular weight excluding hydrogens is 176 g/mol. The third-order valence-corrected chi connectivity index (χ3v) is 2.44. The minimum atomic E-state index is 0.238. The first-order valence-electron chi connectivity index (χ1n) is 4.90. The van der Waals surface area contributed by atoms with Crippen molar-refractivity contribution in [1.29, 1.82) is 0 Å². The van der Waals surface area contributed by atoms with Crippen molar-refractivity contribution < 1.29 is 4.42 Å². The first-order chi connectivity index (χ1) is 6.85. The molecule has 2 N–H and O–H groups in total. The van der Waals surface area contributed by atoms with E-state index in [4.69, 9.17) is 10.2 Å². The Labute approximate surface area is 82.9 Å². The molecule has 0 amide bonds. The minimum Gasteiger partial charge on any atom is -0.440 e. The molecule has 3 nitrogen and oxygen atoms in total. The molecule has 14 heavy (non-hydrogen) atoms. The lowest BCUT2D eigenvalue weighted by atomic mass is 10.1. The molecule has 0 aliphatic carbocycles. The minimum absolute atomic E-state index is 0.238. The summed E-state index contributed by atoms with van der Waals surface area (Å²) < 4.78 is 5.62. The lowest BCUT2D eigenvalue weighted by molar-refractivity contribution is 0.465. The standard InChI is InChI=1S/C11H14N2O/c1-2-8(7-12)11-13-9-5-3-4-6-10(9)14-11/h3-6,8H,2,7,12H2,1H3/t8-/m1/s1. The summed E-state index contributed by atoms with van der Waals surface area (Å²) in [7, 11) is 0. The molecule has 1 aromatic heterocycles. The van der Waals surface area contributed by atoms with Crippen molar-refractivity contribution in [2.24, 2.45) is 5.73 Å². The van der Waals surface area contributed by atoms with Crippen LogP contribution in [0.25, 0.3) is 11.1 Å². The van der Waals surface area contributed by atoms with Crippen LogP contribution < -0.4 is 5.73 Å². The summed E-state index contributed by atoms with van der Waals surface area (Å²) in [5.74, 6) is 0.999. The van der Waals surface area contributed by atoms with Crippen molar-refractivity contribution in [3.05, 3.63) is 30.2 Å². The Bertz CT molecular complexity index is 385. The van der Waals surface area contributed by atoms with Gasteiger partial charge in [0, 0.05) is 12.5 Å². The van der Waals surface area contributed by atoms with E-state index in [-0.39, 0.29) is 5.92 Å². The zero-order valence-electron chi connectivity index (χ0n) is 8.23. The number of rotatable bonds is 3. The lowest BCUT2D eigenvalue weighted by Crippen LogP contribution is -2.11. The molecular formula is C11H14N2O. The van der Waals surface area contributed by atoms with E-state index in [2.05, 4.69) is 11.9 Å². The third kappa shape index (κ3) is 1.51. The Morgan fingerprint density at radius 3 is 2.86 bits per heavy atom. The molecule has 1 heterocycles. The van der Waals surface area contributed by atoms with Crippen molar-refractivity contribution in [3.8, 4) is 0 Å².